The molecular formula is C11H8IN3. The van der Waals surface area contributed by atoms with Crippen LogP contribution in [0.1, 0.15) is 5.69 Å². The van der Waals surface area contributed by atoms with E-state index in [1.54, 1.807) is 0 Å². The van der Waals surface area contributed by atoms with Gasteiger partial charge in [-0.1, -0.05) is 5.92 Å². The van der Waals surface area contributed by atoms with Gasteiger partial charge in [0.1, 0.15) is 12.0 Å². The fraction of sp³-hybridized carbons (Fsp3) is 0.0909. The highest BCUT2D eigenvalue weighted by molar-refractivity contribution is 14.1. The van der Waals surface area contributed by atoms with Gasteiger partial charge in [-0.25, -0.2) is 9.97 Å². The number of rotatable bonds is 0. The topological polar surface area (TPSA) is 51.8 Å². The van der Waals surface area contributed by atoms with Gasteiger partial charge in [0.25, 0.3) is 0 Å². The van der Waals surface area contributed by atoms with Crippen LogP contribution in [0.25, 0.3) is 10.9 Å². The van der Waals surface area contributed by atoms with Crippen molar-refractivity contribution in [2.24, 2.45) is 5.73 Å². The van der Waals surface area contributed by atoms with Gasteiger partial charge in [-0.2, -0.15) is 0 Å². The molecule has 2 N–H and O–H groups in total. The van der Waals surface area contributed by atoms with Crippen molar-refractivity contribution in [2.75, 3.05) is 6.54 Å². The average molecular weight is 309 g/mol. The van der Waals surface area contributed by atoms with E-state index in [1.165, 1.54) is 6.33 Å². The van der Waals surface area contributed by atoms with Crippen LogP contribution < -0.4 is 5.73 Å². The summed E-state index contributed by atoms with van der Waals surface area (Å²) in [5, 5.41) is 0.977. The van der Waals surface area contributed by atoms with E-state index in [2.05, 4.69) is 44.4 Å². The molecule has 1 aromatic heterocycles. The van der Waals surface area contributed by atoms with E-state index in [0.717, 1.165) is 20.2 Å². The SMILES string of the molecule is NCC#Cc1ncnc2ccc(I)cc12. The van der Waals surface area contributed by atoms with Crippen LogP contribution in [0, 0.1) is 15.4 Å². The number of nitrogens with two attached hydrogens (primary N) is 1. The third-order valence-corrected chi connectivity index (χ3v) is 2.58. The third kappa shape index (κ3) is 2.25. The van der Waals surface area contributed by atoms with Gasteiger partial charge in [0.2, 0.25) is 0 Å². The standard InChI is InChI=1S/C11H8IN3/c12-8-3-4-11-9(6-8)10(2-1-5-13)14-7-15-11/h3-4,6-7H,5,13H2. The molecule has 0 saturated carbocycles. The monoisotopic (exact) mass is 309 g/mol. The zero-order valence-electron chi connectivity index (χ0n) is 7.87. The first-order valence-electron chi connectivity index (χ1n) is 4.40. The maximum atomic E-state index is 5.33. The number of aromatic nitrogens is 2. The number of nitrogens with zero attached hydrogens (tertiary/aromatic N) is 2. The highest BCUT2D eigenvalue weighted by Gasteiger charge is 2.00. The van der Waals surface area contributed by atoms with Gasteiger partial charge in [-0.15, -0.1) is 0 Å². The van der Waals surface area contributed by atoms with Gasteiger partial charge in [0.15, 0.2) is 0 Å². The van der Waals surface area contributed by atoms with Crippen molar-refractivity contribution >= 4 is 33.5 Å². The van der Waals surface area contributed by atoms with E-state index in [-0.39, 0.29) is 0 Å². The second kappa shape index (κ2) is 4.55. The Bertz CT molecular complexity index is 554. The van der Waals surface area contributed by atoms with Gasteiger partial charge < -0.3 is 5.73 Å². The molecule has 0 radical (unpaired) electrons. The quantitative estimate of drug-likeness (QED) is 0.593. The Hall–Kier alpha value is -1.19. The molecule has 0 unspecified atom stereocenters. The lowest BCUT2D eigenvalue weighted by Gasteiger charge is -1.99. The van der Waals surface area contributed by atoms with Crippen LogP contribution in [-0.2, 0) is 0 Å². The number of hydrogen-bond donors (Lipinski definition) is 1. The second-order valence-corrected chi connectivity index (χ2v) is 4.14. The van der Waals surface area contributed by atoms with E-state index in [1.807, 2.05) is 18.2 Å². The van der Waals surface area contributed by atoms with Crippen LogP contribution in [0.15, 0.2) is 24.5 Å². The first kappa shape index (κ1) is 10.3. The summed E-state index contributed by atoms with van der Waals surface area (Å²) in [5.74, 6) is 5.75. The Morgan fingerprint density at radius 2 is 2.20 bits per heavy atom. The minimum atomic E-state index is 0.343. The average Bonchev–Trinajstić information content (AvgIpc) is 2.26. The Morgan fingerprint density at radius 1 is 1.33 bits per heavy atom. The van der Waals surface area contributed by atoms with Crippen molar-refractivity contribution < 1.29 is 0 Å². The van der Waals surface area contributed by atoms with Crippen LogP contribution in [0.4, 0.5) is 0 Å². The number of hydrogen-bond acceptors (Lipinski definition) is 3. The number of benzene rings is 1. The number of halogens is 1. The van der Waals surface area contributed by atoms with Gasteiger partial charge in [-0.05, 0) is 46.7 Å². The Labute approximate surface area is 101 Å². The van der Waals surface area contributed by atoms with E-state index >= 15 is 0 Å². The van der Waals surface area contributed by atoms with Crippen molar-refractivity contribution in [1.29, 1.82) is 0 Å². The summed E-state index contributed by atoms with van der Waals surface area (Å²) in [6, 6.07) is 6.00. The van der Waals surface area contributed by atoms with Crippen molar-refractivity contribution in [3.63, 3.8) is 0 Å². The predicted molar refractivity (Wildman–Crippen MR) is 68.2 cm³/mol. The maximum Gasteiger partial charge on any atom is 0.124 e. The van der Waals surface area contributed by atoms with Crippen molar-refractivity contribution in [3.8, 4) is 11.8 Å². The van der Waals surface area contributed by atoms with Crippen molar-refractivity contribution in [1.82, 2.24) is 9.97 Å². The van der Waals surface area contributed by atoms with Gasteiger partial charge in [-0.3, -0.25) is 0 Å². The molecule has 0 aliphatic carbocycles. The molecule has 1 aromatic carbocycles. The molecule has 0 fully saturated rings. The highest BCUT2D eigenvalue weighted by Crippen LogP contribution is 2.17. The molecule has 1 heterocycles. The predicted octanol–water partition coefficient (Wildman–Crippen LogP) is 1.54. The first-order chi connectivity index (χ1) is 7.31. The molecule has 4 heteroatoms. The fourth-order valence-corrected chi connectivity index (χ4v) is 1.75. The summed E-state index contributed by atoms with van der Waals surface area (Å²) >= 11 is 2.25. The van der Waals surface area contributed by atoms with E-state index in [4.69, 9.17) is 5.73 Å². The molecule has 0 amide bonds. The summed E-state index contributed by atoms with van der Waals surface area (Å²) in [6.07, 6.45) is 1.52. The van der Waals surface area contributed by atoms with Gasteiger partial charge in [0, 0.05) is 8.96 Å². The third-order valence-electron chi connectivity index (χ3n) is 1.91. The van der Waals surface area contributed by atoms with Crippen LogP contribution >= 0.6 is 22.6 Å². The lowest BCUT2D eigenvalue weighted by atomic mass is 10.2. The van der Waals surface area contributed by atoms with E-state index in [9.17, 15) is 0 Å². The van der Waals surface area contributed by atoms with Crippen LogP contribution in [-0.4, -0.2) is 16.5 Å². The summed E-state index contributed by atoms with van der Waals surface area (Å²) in [5.41, 5.74) is 6.98. The molecule has 3 nitrogen and oxygen atoms in total. The Balaban J connectivity index is 2.68. The normalized spacial score (nSPS) is 9.73. The zero-order valence-corrected chi connectivity index (χ0v) is 10.0. The minimum Gasteiger partial charge on any atom is -0.320 e. The van der Waals surface area contributed by atoms with Gasteiger partial charge >= 0.3 is 0 Å². The molecule has 0 aliphatic rings. The summed E-state index contributed by atoms with van der Waals surface area (Å²) < 4.78 is 1.14. The summed E-state index contributed by atoms with van der Waals surface area (Å²) in [7, 11) is 0. The number of fused-ring (bicyclic) bond motifs is 1. The van der Waals surface area contributed by atoms with E-state index in [0.29, 0.717) is 6.54 Å². The molecule has 0 atom stereocenters. The first-order valence-corrected chi connectivity index (χ1v) is 5.48. The van der Waals surface area contributed by atoms with Crippen LogP contribution in [0.5, 0.6) is 0 Å². The zero-order chi connectivity index (χ0) is 10.7. The fourth-order valence-electron chi connectivity index (χ4n) is 1.26. The lowest BCUT2D eigenvalue weighted by molar-refractivity contribution is 1.20. The van der Waals surface area contributed by atoms with Crippen LogP contribution in [0.2, 0.25) is 0 Å². The molecule has 2 rings (SSSR count). The molecule has 74 valence electrons. The maximum absolute atomic E-state index is 5.33. The molecule has 2 aromatic rings. The molecule has 15 heavy (non-hydrogen) atoms. The second-order valence-electron chi connectivity index (χ2n) is 2.89. The molecule has 0 bridgehead atoms. The van der Waals surface area contributed by atoms with E-state index < -0.39 is 0 Å². The Kier molecular flexibility index (Phi) is 3.14. The molecular weight excluding hydrogens is 301 g/mol. The molecule has 0 spiro atoms. The summed E-state index contributed by atoms with van der Waals surface area (Å²) in [6.45, 7) is 0.343. The minimum absolute atomic E-state index is 0.343. The van der Waals surface area contributed by atoms with Gasteiger partial charge in [0.05, 0.1) is 12.1 Å². The smallest absolute Gasteiger partial charge is 0.124 e. The molecule has 0 aliphatic heterocycles. The molecule has 0 saturated heterocycles. The Morgan fingerprint density at radius 3 is 3.00 bits per heavy atom. The summed E-state index contributed by atoms with van der Waals surface area (Å²) in [4.78, 5) is 8.32. The van der Waals surface area contributed by atoms with Crippen molar-refractivity contribution in [2.45, 2.75) is 0 Å². The lowest BCUT2D eigenvalue weighted by Crippen LogP contribution is -1.94. The van der Waals surface area contributed by atoms with Crippen LogP contribution in [0.3, 0.4) is 0 Å². The van der Waals surface area contributed by atoms with Crippen molar-refractivity contribution in [3.05, 3.63) is 33.8 Å². The largest absolute Gasteiger partial charge is 0.320 e. The highest BCUT2D eigenvalue weighted by atomic mass is 127.